The van der Waals surface area contributed by atoms with Crippen LogP contribution in [0.4, 0.5) is 11.4 Å². The summed E-state index contributed by atoms with van der Waals surface area (Å²) >= 11 is 0. The lowest BCUT2D eigenvalue weighted by atomic mass is 10.0. The van der Waals surface area contributed by atoms with Gasteiger partial charge in [-0.3, -0.25) is 9.59 Å². The Morgan fingerprint density at radius 2 is 1.46 bits per heavy atom. The van der Waals surface area contributed by atoms with Crippen molar-refractivity contribution in [3.05, 3.63) is 72.3 Å². The van der Waals surface area contributed by atoms with Crippen molar-refractivity contribution < 1.29 is 9.59 Å². The summed E-state index contributed by atoms with van der Waals surface area (Å²) in [5.41, 5.74) is 2.35. The average molecular weight is 346 g/mol. The largest absolute Gasteiger partial charge is 0.326 e. The first-order chi connectivity index (χ1) is 12.7. The minimum absolute atomic E-state index is 0.0215. The van der Waals surface area contributed by atoms with Crippen molar-refractivity contribution in [2.45, 2.75) is 26.2 Å². The summed E-state index contributed by atoms with van der Waals surface area (Å²) in [7, 11) is 0. The molecule has 2 N–H and O–H groups in total. The molecule has 0 bridgehead atoms. The van der Waals surface area contributed by atoms with Crippen LogP contribution in [-0.4, -0.2) is 11.8 Å². The van der Waals surface area contributed by atoms with E-state index in [9.17, 15) is 9.59 Å². The Bertz CT molecular complexity index is 929. The molecule has 0 spiro atoms. The summed E-state index contributed by atoms with van der Waals surface area (Å²) < 4.78 is 0. The second-order valence-electron chi connectivity index (χ2n) is 6.24. The maximum Gasteiger partial charge on any atom is 0.228 e. The molecular formula is C22H22N2O2. The highest BCUT2D eigenvalue weighted by Gasteiger charge is 2.08. The Balaban J connectivity index is 1.69. The Kier molecular flexibility index (Phi) is 5.64. The van der Waals surface area contributed by atoms with E-state index in [0.29, 0.717) is 24.2 Å². The van der Waals surface area contributed by atoms with Crippen molar-refractivity contribution in [1.82, 2.24) is 0 Å². The second kappa shape index (κ2) is 8.30. The predicted molar refractivity (Wildman–Crippen MR) is 106 cm³/mol. The number of nitrogens with one attached hydrogen (secondary N) is 2. The number of hydrogen-bond acceptors (Lipinski definition) is 2. The van der Waals surface area contributed by atoms with Crippen molar-refractivity contribution in [2.75, 3.05) is 10.6 Å². The van der Waals surface area contributed by atoms with Gasteiger partial charge in [-0.15, -0.1) is 0 Å². The first kappa shape index (κ1) is 17.7. The summed E-state index contributed by atoms with van der Waals surface area (Å²) in [6.45, 7) is 1.96. The monoisotopic (exact) mass is 346 g/mol. The summed E-state index contributed by atoms with van der Waals surface area (Å²) in [5.74, 6) is -0.106. The van der Waals surface area contributed by atoms with Gasteiger partial charge in [-0.25, -0.2) is 0 Å². The first-order valence-corrected chi connectivity index (χ1v) is 8.82. The van der Waals surface area contributed by atoms with Crippen LogP contribution in [0.5, 0.6) is 0 Å². The zero-order valence-corrected chi connectivity index (χ0v) is 14.8. The number of amides is 2. The highest BCUT2D eigenvalue weighted by Crippen LogP contribution is 2.20. The lowest BCUT2D eigenvalue weighted by Gasteiger charge is -2.10. The van der Waals surface area contributed by atoms with E-state index in [0.717, 1.165) is 22.8 Å². The van der Waals surface area contributed by atoms with Gasteiger partial charge >= 0.3 is 0 Å². The van der Waals surface area contributed by atoms with E-state index in [-0.39, 0.29) is 11.8 Å². The summed E-state index contributed by atoms with van der Waals surface area (Å²) in [5, 5.41) is 7.96. The van der Waals surface area contributed by atoms with Crippen LogP contribution in [0.1, 0.15) is 25.3 Å². The third-order valence-corrected chi connectivity index (χ3v) is 4.14. The minimum atomic E-state index is -0.0848. The van der Waals surface area contributed by atoms with E-state index >= 15 is 0 Å². The normalized spacial score (nSPS) is 10.5. The van der Waals surface area contributed by atoms with E-state index in [4.69, 9.17) is 0 Å². The topological polar surface area (TPSA) is 58.2 Å². The lowest BCUT2D eigenvalue weighted by Crippen LogP contribution is -2.15. The molecule has 3 rings (SSSR count). The molecule has 0 aliphatic heterocycles. The molecule has 0 fully saturated rings. The molecule has 0 heterocycles. The standard InChI is InChI=1S/C22H22N2O2/c1-2-7-21(25)23-18-11-6-12-19(15-18)24-22(26)14-17-10-5-9-16-8-3-4-13-20(16)17/h3-6,8-13,15H,2,7,14H2,1H3,(H,23,25)(H,24,26). The number of fused-ring (bicyclic) bond motifs is 1. The third kappa shape index (κ3) is 4.48. The van der Waals surface area contributed by atoms with Crippen LogP contribution in [-0.2, 0) is 16.0 Å². The molecule has 132 valence electrons. The van der Waals surface area contributed by atoms with Gasteiger partial charge < -0.3 is 10.6 Å². The highest BCUT2D eigenvalue weighted by molar-refractivity contribution is 5.97. The van der Waals surface area contributed by atoms with Gasteiger partial charge in [-0.05, 0) is 41.0 Å². The van der Waals surface area contributed by atoms with Crippen molar-refractivity contribution in [2.24, 2.45) is 0 Å². The fraction of sp³-hybridized carbons (Fsp3) is 0.182. The van der Waals surface area contributed by atoms with Gasteiger partial charge in [-0.2, -0.15) is 0 Å². The molecule has 0 saturated heterocycles. The van der Waals surface area contributed by atoms with Crippen molar-refractivity contribution in [1.29, 1.82) is 0 Å². The Labute approximate surface area is 153 Å². The summed E-state index contributed by atoms with van der Waals surface area (Å²) in [6.07, 6.45) is 1.58. The Hall–Kier alpha value is -3.14. The molecule has 0 radical (unpaired) electrons. The average Bonchev–Trinajstić information content (AvgIpc) is 2.62. The molecule has 0 unspecified atom stereocenters. The van der Waals surface area contributed by atoms with E-state index in [1.54, 1.807) is 6.07 Å². The highest BCUT2D eigenvalue weighted by atomic mass is 16.2. The van der Waals surface area contributed by atoms with E-state index < -0.39 is 0 Å². The van der Waals surface area contributed by atoms with Crippen LogP contribution in [0.2, 0.25) is 0 Å². The Morgan fingerprint density at radius 3 is 2.23 bits per heavy atom. The molecule has 26 heavy (non-hydrogen) atoms. The second-order valence-corrected chi connectivity index (χ2v) is 6.24. The summed E-state index contributed by atoms with van der Waals surface area (Å²) in [4.78, 5) is 24.2. The number of hydrogen-bond donors (Lipinski definition) is 2. The molecule has 3 aromatic carbocycles. The minimum Gasteiger partial charge on any atom is -0.326 e. The van der Waals surface area contributed by atoms with Crippen molar-refractivity contribution in [3.63, 3.8) is 0 Å². The molecular weight excluding hydrogens is 324 g/mol. The van der Waals surface area contributed by atoms with Gasteiger partial charge in [0.05, 0.1) is 6.42 Å². The molecule has 0 saturated carbocycles. The van der Waals surface area contributed by atoms with Gasteiger partial charge in [0.1, 0.15) is 0 Å². The molecule has 0 aromatic heterocycles. The maximum absolute atomic E-state index is 12.5. The quantitative estimate of drug-likeness (QED) is 0.676. The van der Waals surface area contributed by atoms with Gasteiger partial charge in [0.2, 0.25) is 11.8 Å². The van der Waals surface area contributed by atoms with Crippen LogP contribution < -0.4 is 10.6 Å². The number of anilines is 2. The molecule has 0 atom stereocenters. The van der Waals surface area contributed by atoms with Crippen molar-refractivity contribution in [3.8, 4) is 0 Å². The SMILES string of the molecule is CCCC(=O)Nc1cccc(NC(=O)Cc2cccc3ccccc23)c1. The first-order valence-electron chi connectivity index (χ1n) is 8.82. The molecule has 4 nitrogen and oxygen atoms in total. The van der Waals surface area contributed by atoms with Crippen LogP contribution in [0.25, 0.3) is 10.8 Å². The van der Waals surface area contributed by atoms with Crippen LogP contribution in [0.15, 0.2) is 66.7 Å². The maximum atomic E-state index is 12.5. The number of carbonyl (C=O) groups is 2. The zero-order valence-electron chi connectivity index (χ0n) is 14.8. The molecule has 0 aliphatic carbocycles. The molecule has 2 amide bonds. The molecule has 3 aromatic rings. The molecule has 4 heteroatoms. The third-order valence-electron chi connectivity index (χ3n) is 4.14. The van der Waals surface area contributed by atoms with Crippen molar-refractivity contribution >= 4 is 34.0 Å². The molecule has 0 aliphatic rings. The van der Waals surface area contributed by atoms with Crippen LogP contribution in [0.3, 0.4) is 0 Å². The predicted octanol–water partition coefficient (Wildman–Crippen LogP) is 4.76. The van der Waals surface area contributed by atoms with Gasteiger partial charge in [0.15, 0.2) is 0 Å². The van der Waals surface area contributed by atoms with Crippen LogP contribution in [0, 0.1) is 0 Å². The fourth-order valence-electron chi connectivity index (χ4n) is 2.95. The van der Waals surface area contributed by atoms with Crippen LogP contribution >= 0.6 is 0 Å². The number of rotatable bonds is 6. The zero-order chi connectivity index (χ0) is 18.4. The van der Waals surface area contributed by atoms with E-state index in [1.165, 1.54) is 0 Å². The number of benzene rings is 3. The van der Waals surface area contributed by atoms with Gasteiger partial charge in [0, 0.05) is 17.8 Å². The van der Waals surface area contributed by atoms with Gasteiger partial charge in [-0.1, -0.05) is 55.5 Å². The fourth-order valence-corrected chi connectivity index (χ4v) is 2.95. The smallest absolute Gasteiger partial charge is 0.228 e. The Morgan fingerprint density at radius 1 is 0.808 bits per heavy atom. The lowest BCUT2D eigenvalue weighted by molar-refractivity contribution is -0.116. The van der Waals surface area contributed by atoms with E-state index in [1.807, 2.05) is 67.6 Å². The van der Waals surface area contributed by atoms with Gasteiger partial charge in [0.25, 0.3) is 0 Å². The van der Waals surface area contributed by atoms with E-state index in [2.05, 4.69) is 10.6 Å². The number of carbonyl (C=O) groups excluding carboxylic acids is 2. The summed E-state index contributed by atoms with van der Waals surface area (Å²) in [6, 6.07) is 21.2.